The number of nitrogens with zero attached hydrogens (tertiary/aromatic N) is 2. The zero-order valence-electron chi connectivity index (χ0n) is 15.2. The Morgan fingerprint density at radius 3 is 2.81 bits per heavy atom. The van der Waals surface area contributed by atoms with Crippen LogP contribution in [0.2, 0.25) is 5.02 Å². The molecule has 4 nitrogen and oxygen atoms in total. The Morgan fingerprint density at radius 1 is 1.23 bits per heavy atom. The smallest absolute Gasteiger partial charge is 0.0959 e. The van der Waals surface area contributed by atoms with Crippen molar-refractivity contribution in [1.82, 2.24) is 9.88 Å². The molecule has 2 aromatic rings. The van der Waals surface area contributed by atoms with Crippen LogP contribution in [0.4, 0.5) is 0 Å². The van der Waals surface area contributed by atoms with E-state index in [1.54, 1.807) is 0 Å². The van der Waals surface area contributed by atoms with Crippen molar-refractivity contribution in [3.8, 4) is 0 Å². The van der Waals surface area contributed by atoms with Crippen molar-refractivity contribution in [2.75, 3.05) is 19.7 Å². The molecule has 3 heterocycles. The van der Waals surface area contributed by atoms with Gasteiger partial charge in [-0.25, -0.2) is 0 Å². The average Bonchev–Trinajstić information content (AvgIpc) is 2.61. The summed E-state index contributed by atoms with van der Waals surface area (Å²) >= 11 is 5.96. The van der Waals surface area contributed by atoms with Gasteiger partial charge in [-0.2, -0.15) is 0 Å². The minimum Gasteiger partial charge on any atom is -0.372 e. The van der Waals surface area contributed by atoms with Crippen molar-refractivity contribution in [3.63, 3.8) is 0 Å². The second-order valence-electron chi connectivity index (χ2n) is 7.50. The van der Waals surface area contributed by atoms with Crippen molar-refractivity contribution >= 4 is 11.6 Å². The van der Waals surface area contributed by atoms with Gasteiger partial charge in [0.1, 0.15) is 0 Å². The highest BCUT2D eigenvalue weighted by atomic mass is 35.5. The predicted octanol–water partition coefficient (Wildman–Crippen LogP) is 3.99. The van der Waals surface area contributed by atoms with Gasteiger partial charge in [0, 0.05) is 43.4 Å². The van der Waals surface area contributed by atoms with Crippen LogP contribution in [0.15, 0.2) is 42.5 Å². The van der Waals surface area contributed by atoms with Crippen LogP contribution in [0.25, 0.3) is 0 Å². The number of benzene rings is 1. The van der Waals surface area contributed by atoms with Gasteiger partial charge in [0.2, 0.25) is 0 Å². The molecule has 26 heavy (non-hydrogen) atoms. The lowest BCUT2D eigenvalue weighted by molar-refractivity contribution is -0.200. The van der Waals surface area contributed by atoms with E-state index in [9.17, 15) is 0 Å². The maximum atomic E-state index is 6.15. The molecule has 1 aromatic heterocycles. The first-order valence-electron chi connectivity index (χ1n) is 9.25. The van der Waals surface area contributed by atoms with Gasteiger partial charge < -0.3 is 9.47 Å². The molecule has 1 spiro atoms. The van der Waals surface area contributed by atoms with Crippen LogP contribution in [-0.4, -0.2) is 41.3 Å². The molecule has 1 aromatic carbocycles. The number of rotatable bonds is 5. The summed E-state index contributed by atoms with van der Waals surface area (Å²) in [6, 6.07) is 14.2. The summed E-state index contributed by atoms with van der Waals surface area (Å²) in [5.41, 5.74) is 3.29. The van der Waals surface area contributed by atoms with E-state index in [2.05, 4.69) is 22.0 Å². The molecular weight excluding hydrogens is 348 g/mol. The Labute approximate surface area is 160 Å². The molecule has 4 rings (SSSR count). The Kier molecular flexibility index (Phi) is 5.28. The zero-order valence-corrected chi connectivity index (χ0v) is 15.9. The lowest BCUT2D eigenvalue weighted by Gasteiger charge is -2.53. The number of pyridine rings is 1. The van der Waals surface area contributed by atoms with Crippen molar-refractivity contribution < 1.29 is 9.47 Å². The number of halogens is 1. The van der Waals surface area contributed by atoms with Crippen LogP contribution in [-0.2, 0) is 22.6 Å². The maximum absolute atomic E-state index is 6.15. The molecule has 138 valence electrons. The lowest BCUT2D eigenvalue weighted by Crippen LogP contribution is -2.65. The third kappa shape index (κ3) is 4.26. The minimum absolute atomic E-state index is 0.0324. The summed E-state index contributed by atoms with van der Waals surface area (Å²) in [5, 5.41) is 0.785. The van der Waals surface area contributed by atoms with E-state index in [0.717, 1.165) is 55.5 Å². The van der Waals surface area contributed by atoms with Gasteiger partial charge in [0.15, 0.2) is 0 Å². The van der Waals surface area contributed by atoms with Crippen LogP contribution < -0.4 is 0 Å². The molecule has 0 radical (unpaired) electrons. The van der Waals surface area contributed by atoms with E-state index < -0.39 is 0 Å². The van der Waals surface area contributed by atoms with E-state index in [0.29, 0.717) is 6.61 Å². The molecule has 0 aliphatic carbocycles. The summed E-state index contributed by atoms with van der Waals surface area (Å²) in [4.78, 5) is 6.94. The highest BCUT2D eigenvalue weighted by Gasteiger charge is 2.47. The van der Waals surface area contributed by atoms with E-state index in [4.69, 9.17) is 21.1 Å². The van der Waals surface area contributed by atoms with Gasteiger partial charge in [-0.05, 0) is 43.2 Å². The highest BCUT2D eigenvalue weighted by molar-refractivity contribution is 6.30. The summed E-state index contributed by atoms with van der Waals surface area (Å²) in [7, 11) is 0. The standard InChI is InChI=1S/C21H25ClN2O2/c1-16-3-2-4-19(23-16)13-25-20-9-10-26-21(11-20)14-24(15-21)12-17-5-7-18(22)8-6-17/h2-8,20H,9-15H2,1H3/t20-/m0/s1. The third-order valence-electron chi connectivity index (χ3n) is 5.20. The number of likely N-dealkylation sites (tertiary alicyclic amines) is 1. The normalized spacial score (nSPS) is 22.3. The van der Waals surface area contributed by atoms with Gasteiger partial charge in [0.25, 0.3) is 0 Å². The van der Waals surface area contributed by atoms with Crippen molar-refractivity contribution in [2.24, 2.45) is 0 Å². The molecule has 0 unspecified atom stereocenters. The van der Waals surface area contributed by atoms with E-state index in [1.165, 1.54) is 5.56 Å². The summed E-state index contributed by atoms with van der Waals surface area (Å²) < 4.78 is 12.3. The number of ether oxygens (including phenoxy) is 2. The quantitative estimate of drug-likeness (QED) is 0.794. The molecule has 0 saturated carbocycles. The molecule has 2 aliphatic rings. The van der Waals surface area contributed by atoms with Gasteiger partial charge in [-0.3, -0.25) is 9.88 Å². The monoisotopic (exact) mass is 372 g/mol. The van der Waals surface area contributed by atoms with Crippen LogP contribution in [0.3, 0.4) is 0 Å². The average molecular weight is 373 g/mol. The van der Waals surface area contributed by atoms with Crippen molar-refractivity contribution in [3.05, 3.63) is 64.4 Å². The summed E-state index contributed by atoms with van der Waals surface area (Å²) in [6.07, 6.45) is 2.18. The number of hydrogen-bond acceptors (Lipinski definition) is 4. The molecule has 2 aliphatic heterocycles. The first kappa shape index (κ1) is 17.9. The topological polar surface area (TPSA) is 34.6 Å². The van der Waals surface area contributed by atoms with Crippen molar-refractivity contribution in [1.29, 1.82) is 0 Å². The van der Waals surface area contributed by atoms with E-state index in [1.807, 2.05) is 37.3 Å². The Balaban J connectivity index is 1.27. The van der Waals surface area contributed by atoms with E-state index >= 15 is 0 Å². The Bertz CT molecular complexity index is 744. The molecule has 0 amide bonds. The predicted molar refractivity (Wildman–Crippen MR) is 102 cm³/mol. The number of aromatic nitrogens is 1. The molecule has 0 bridgehead atoms. The van der Waals surface area contributed by atoms with Crippen LogP contribution in [0.1, 0.15) is 29.8 Å². The molecular formula is C21H25ClN2O2. The number of hydrogen-bond donors (Lipinski definition) is 0. The molecule has 0 N–H and O–H groups in total. The van der Waals surface area contributed by atoms with Gasteiger partial charge in [0.05, 0.1) is 24.0 Å². The SMILES string of the molecule is Cc1cccc(CO[C@H]2CCOC3(C2)CN(Cc2ccc(Cl)cc2)C3)n1. The van der Waals surface area contributed by atoms with Crippen LogP contribution in [0, 0.1) is 6.92 Å². The zero-order chi connectivity index (χ0) is 18.0. The first-order chi connectivity index (χ1) is 12.6. The summed E-state index contributed by atoms with van der Waals surface area (Å²) in [6.45, 7) is 6.26. The second kappa shape index (κ2) is 7.65. The second-order valence-corrected chi connectivity index (χ2v) is 7.94. The van der Waals surface area contributed by atoms with Crippen molar-refractivity contribution in [2.45, 2.75) is 44.6 Å². The molecule has 5 heteroatoms. The fraction of sp³-hybridized carbons (Fsp3) is 0.476. The molecule has 1 atom stereocenters. The molecule has 2 saturated heterocycles. The fourth-order valence-corrected chi connectivity index (χ4v) is 4.08. The first-order valence-corrected chi connectivity index (χ1v) is 9.63. The van der Waals surface area contributed by atoms with Gasteiger partial charge in [-0.15, -0.1) is 0 Å². The largest absolute Gasteiger partial charge is 0.372 e. The maximum Gasteiger partial charge on any atom is 0.0959 e. The fourth-order valence-electron chi connectivity index (χ4n) is 3.96. The Morgan fingerprint density at radius 2 is 2.04 bits per heavy atom. The molecule has 2 fully saturated rings. The van der Waals surface area contributed by atoms with Crippen LogP contribution in [0.5, 0.6) is 0 Å². The van der Waals surface area contributed by atoms with Crippen LogP contribution >= 0.6 is 11.6 Å². The van der Waals surface area contributed by atoms with E-state index in [-0.39, 0.29) is 11.7 Å². The summed E-state index contributed by atoms with van der Waals surface area (Å²) in [5.74, 6) is 0. The lowest BCUT2D eigenvalue weighted by atomic mass is 9.84. The Hall–Kier alpha value is -1.46. The third-order valence-corrected chi connectivity index (χ3v) is 5.46. The minimum atomic E-state index is -0.0324. The number of aryl methyl sites for hydroxylation is 1. The highest BCUT2D eigenvalue weighted by Crippen LogP contribution is 2.36. The van der Waals surface area contributed by atoms with Gasteiger partial charge >= 0.3 is 0 Å². The van der Waals surface area contributed by atoms with Gasteiger partial charge in [-0.1, -0.05) is 29.8 Å².